The van der Waals surface area contributed by atoms with Gasteiger partial charge in [0.25, 0.3) is 11.5 Å². The van der Waals surface area contributed by atoms with Crippen LogP contribution in [0.2, 0.25) is 0 Å². The fraction of sp³-hybridized carbons (Fsp3) is 0.421. The van der Waals surface area contributed by atoms with Gasteiger partial charge in [0.1, 0.15) is 10.5 Å². The molecule has 0 aliphatic heterocycles. The number of hydrogen-bond donors (Lipinski definition) is 1. The van der Waals surface area contributed by atoms with E-state index < -0.39 is 0 Å². The maximum atomic E-state index is 12.7. The van der Waals surface area contributed by atoms with E-state index in [1.807, 2.05) is 6.07 Å². The number of nitrogens with zero attached hydrogens (tertiary/aromatic N) is 2. The molecule has 3 aromatic rings. The molecule has 130 valence electrons. The zero-order chi connectivity index (χ0) is 17.6. The summed E-state index contributed by atoms with van der Waals surface area (Å²) in [6.07, 6.45) is 5.10. The Morgan fingerprint density at radius 1 is 1.32 bits per heavy atom. The Labute approximate surface area is 149 Å². The third-order valence-electron chi connectivity index (χ3n) is 5.46. The van der Waals surface area contributed by atoms with Gasteiger partial charge in [-0.05, 0) is 36.5 Å². The van der Waals surface area contributed by atoms with Crippen molar-refractivity contribution in [3.05, 3.63) is 45.7 Å². The van der Waals surface area contributed by atoms with E-state index in [2.05, 4.69) is 24.1 Å². The molecule has 0 spiro atoms. The van der Waals surface area contributed by atoms with Crippen molar-refractivity contribution >= 4 is 33.1 Å². The van der Waals surface area contributed by atoms with Crippen LogP contribution in [-0.2, 0) is 0 Å². The van der Waals surface area contributed by atoms with Crippen molar-refractivity contribution in [3.63, 3.8) is 0 Å². The number of pyridine rings is 1. The number of thiophene rings is 1. The summed E-state index contributed by atoms with van der Waals surface area (Å²) in [5, 5.41) is 3.68. The summed E-state index contributed by atoms with van der Waals surface area (Å²) >= 11 is 1.29. The number of amides is 1. The summed E-state index contributed by atoms with van der Waals surface area (Å²) in [7, 11) is 0. The Hall–Kier alpha value is -2.21. The first kappa shape index (κ1) is 16.3. The van der Waals surface area contributed by atoms with Gasteiger partial charge >= 0.3 is 0 Å². The van der Waals surface area contributed by atoms with Crippen LogP contribution in [0.3, 0.4) is 0 Å². The summed E-state index contributed by atoms with van der Waals surface area (Å²) in [6, 6.07) is 7.33. The highest BCUT2D eigenvalue weighted by atomic mass is 32.1. The molecular formula is C19H21N3O2S. The third-order valence-corrected chi connectivity index (χ3v) is 6.49. The maximum absolute atomic E-state index is 12.7. The van der Waals surface area contributed by atoms with E-state index in [9.17, 15) is 9.59 Å². The van der Waals surface area contributed by atoms with Crippen molar-refractivity contribution in [2.45, 2.75) is 39.2 Å². The predicted octanol–water partition coefficient (Wildman–Crippen LogP) is 3.46. The molecule has 0 radical (unpaired) electrons. The van der Waals surface area contributed by atoms with Crippen LogP contribution in [0, 0.1) is 11.8 Å². The van der Waals surface area contributed by atoms with Gasteiger partial charge in [-0.2, -0.15) is 0 Å². The molecule has 0 aromatic carbocycles. The van der Waals surface area contributed by atoms with Crippen LogP contribution in [0.5, 0.6) is 0 Å². The Kier molecular flexibility index (Phi) is 4.07. The van der Waals surface area contributed by atoms with E-state index >= 15 is 0 Å². The summed E-state index contributed by atoms with van der Waals surface area (Å²) in [4.78, 5) is 31.0. The second-order valence-electron chi connectivity index (χ2n) is 7.02. The number of carbonyl (C=O) groups excluding carboxylic acids is 1. The van der Waals surface area contributed by atoms with E-state index in [4.69, 9.17) is 0 Å². The molecule has 3 heterocycles. The standard InChI is InChI=1S/C19H21N3O2S/c1-11-6-5-7-14(12(11)2)20-17(23)15-10-13-18(25-15)21-16-8-3-4-9-22(16)19(13)24/h3-4,8-12,14H,5-7H2,1-2H3,(H,20,23). The van der Waals surface area contributed by atoms with Crippen molar-refractivity contribution in [3.8, 4) is 0 Å². The molecule has 4 rings (SSSR count). The van der Waals surface area contributed by atoms with Crippen LogP contribution in [0.4, 0.5) is 0 Å². The maximum Gasteiger partial charge on any atom is 0.266 e. The number of nitrogens with one attached hydrogen (secondary N) is 1. The topological polar surface area (TPSA) is 63.5 Å². The molecule has 1 N–H and O–H groups in total. The van der Waals surface area contributed by atoms with Crippen LogP contribution in [0.25, 0.3) is 15.9 Å². The predicted molar refractivity (Wildman–Crippen MR) is 100 cm³/mol. The summed E-state index contributed by atoms with van der Waals surface area (Å²) in [6.45, 7) is 4.46. The van der Waals surface area contributed by atoms with Crippen molar-refractivity contribution < 1.29 is 4.79 Å². The van der Waals surface area contributed by atoms with E-state index in [0.717, 1.165) is 12.8 Å². The summed E-state index contributed by atoms with van der Waals surface area (Å²) in [5.41, 5.74) is 0.471. The fourth-order valence-corrected chi connectivity index (χ4v) is 4.62. The van der Waals surface area contributed by atoms with Crippen LogP contribution < -0.4 is 10.9 Å². The Bertz CT molecular complexity index is 1010. The van der Waals surface area contributed by atoms with Crippen molar-refractivity contribution in [1.29, 1.82) is 0 Å². The van der Waals surface area contributed by atoms with Gasteiger partial charge < -0.3 is 5.32 Å². The number of fused-ring (bicyclic) bond motifs is 2. The van der Waals surface area contributed by atoms with Gasteiger partial charge in [0.05, 0.1) is 10.3 Å². The SMILES string of the molecule is CC1CCCC(NC(=O)c2cc3c(=O)n4ccccc4nc3s2)C1C. The van der Waals surface area contributed by atoms with Gasteiger partial charge in [0.2, 0.25) is 0 Å². The van der Waals surface area contributed by atoms with E-state index in [1.54, 1.807) is 24.4 Å². The molecule has 3 atom stereocenters. The van der Waals surface area contributed by atoms with Crippen molar-refractivity contribution in [2.75, 3.05) is 0 Å². The smallest absolute Gasteiger partial charge is 0.266 e. The molecule has 6 heteroatoms. The van der Waals surface area contributed by atoms with Gasteiger partial charge in [-0.15, -0.1) is 11.3 Å². The number of aromatic nitrogens is 2. The van der Waals surface area contributed by atoms with Gasteiger partial charge in [0, 0.05) is 12.2 Å². The molecule has 0 bridgehead atoms. The molecule has 1 amide bonds. The molecule has 3 unspecified atom stereocenters. The van der Waals surface area contributed by atoms with E-state index in [1.165, 1.54) is 22.2 Å². The van der Waals surface area contributed by atoms with Crippen LogP contribution >= 0.6 is 11.3 Å². The van der Waals surface area contributed by atoms with Gasteiger partial charge in [-0.25, -0.2) is 4.98 Å². The molecule has 1 aliphatic rings. The molecule has 0 saturated heterocycles. The van der Waals surface area contributed by atoms with Gasteiger partial charge in [-0.1, -0.05) is 32.8 Å². The first-order valence-corrected chi connectivity index (χ1v) is 9.58. The highest BCUT2D eigenvalue weighted by Crippen LogP contribution is 2.30. The third kappa shape index (κ3) is 2.84. The first-order valence-electron chi connectivity index (χ1n) is 8.76. The molecule has 1 fully saturated rings. The van der Waals surface area contributed by atoms with Crippen LogP contribution in [0.1, 0.15) is 42.8 Å². The van der Waals surface area contributed by atoms with Crippen LogP contribution in [-0.4, -0.2) is 21.3 Å². The average Bonchev–Trinajstić information content (AvgIpc) is 3.04. The second kappa shape index (κ2) is 6.26. The Balaban J connectivity index is 1.67. The highest BCUT2D eigenvalue weighted by Gasteiger charge is 2.29. The largest absolute Gasteiger partial charge is 0.348 e. The molecule has 1 saturated carbocycles. The first-order chi connectivity index (χ1) is 12.0. The number of carbonyl (C=O) groups is 1. The van der Waals surface area contributed by atoms with E-state index in [-0.39, 0.29) is 17.5 Å². The lowest BCUT2D eigenvalue weighted by Gasteiger charge is -2.34. The number of rotatable bonds is 2. The quantitative estimate of drug-likeness (QED) is 0.766. The Morgan fingerprint density at radius 2 is 2.16 bits per heavy atom. The lowest BCUT2D eigenvalue weighted by Crippen LogP contribution is -2.43. The summed E-state index contributed by atoms with van der Waals surface area (Å²) in [5.74, 6) is 0.999. The summed E-state index contributed by atoms with van der Waals surface area (Å²) < 4.78 is 1.52. The highest BCUT2D eigenvalue weighted by molar-refractivity contribution is 7.20. The fourth-order valence-electron chi connectivity index (χ4n) is 3.69. The van der Waals surface area contributed by atoms with Crippen molar-refractivity contribution in [1.82, 2.24) is 14.7 Å². The normalized spacial score (nSPS) is 23.8. The van der Waals surface area contributed by atoms with Crippen molar-refractivity contribution in [2.24, 2.45) is 11.8 Å². The lowest BCUT2D eigenvalue weighted by molar-refractivity contribution is 0.0895. The minimum Gasteiger partial charge on any atom is -0.348 e. The average molecular weight is 355 g/mol. The zero-order valence-electron chi connectivity index (χ0n) is 14.4. The molecule has 1 aliphatic carbocycles. The second-order valence-corrected chi connectivity index (χ2v) is 8.05. The molecule has 5 nitrogen and oxygen atoms in total. The molecule has 3 aromatic heterocycles. The monoisotopic (exact) mass is 355 g/mol. The molecule has 25 heavy (non-hydrogen) atoms. The van der Waals surface area contributed by atoms with Crippen LogP contribution in [0.15, 0.2) is 35.3 Å². The lowest BCUT2D eigenvalue weighted by atomic mass is 9.78. The minimum absolute atomic E-state index is 0.0950. The van der Waals surface area contributed by atoms with Gasteiger partial charge in [0.15, 0.2) is 0 Å². The van der Waals surface area contributed by atoms with Gasteiger partial charge in [-0.3, -0.25) is 14.0 Å². The Morgan fingerprint density at radius 3 is 3.00 bits per heavy atom. The van der Waals surface area contributed by atoms with E-state index in [0.29, 0.717) is 32.6 Å². The molecular weight excluding hydrogens is 334 g/mol. The number of hydrogen-bond acceptors (Lipinski definition) is 4. The minimum atomic E-state index is -0.129. The zero-order valence-corrected chi connectivity index (χ0v) is 15.2.